The molecule has 5 rings (SSSR count). The third-order valence-electron chi connectivity index (χ3n) is 7.30. The number of likely N-dealkylation sites (N-methyl/N-ethyl adjacent to an activating group) is 1. The zero-order valence-electron chi connectivity index (χ0n) is 23.7. The van der Waals surface area contributed by atoms with E-state index >= 15 is 0 Å². The highest BCUT2D eigenvalue weighted by Crippen LogP contribution is 2.42. The van der Waals surface area contributed by atoms with Crippen LogP contribution in [0.5, 0.6) is 0 Å². The first kappa shape index (κ1) is 27.1. The molecule has 0 atom stereocenters. The SMILES string of the molecule is CCCCN1C(=CC=C(C=C2C(=N)N(C)N=C2c2ccccn2)c2ccccc2)N(CCCC)c2ccccc21. The standard InChI is InChI=1S/C34H38N6/c1-4-6-23-39-30-18-11-12-19-31(30)40(24-7-5-2)32(39)21-20-27(26-15-9-8-10-16-26)25-28-33(37-38(3)34(28)35)29-17-13-14-22-36-29/h8-22,25,35H,4-7,23-24H2,1-3H3. The Bertz CT molecular complexity index is 1420. The van der Waals surface area contributed by atoms with Crippen LogP contribution in [0.1, 0.15) is 50.8 Å². The van der Waals surface area contributed by atoms with Crippen molar-refractivity contribution in [1.82, 2.24) is 9.99 Å². The van der Waals surface area contributed by atoms with Gasteiger partial charge in [0.1, 0.15) is 11.5 Å². The summed E-state index contributed by atoms with van der Waals surface area (Å²) in [5.41, 5.74) is 6.89. The van der Waals surface area contributed by atoms with Gasteiger partial charge in [-0.15, -0.1) is 0 Å². The average molecular weight is 531 g/mol. The lowest BCUT2D eigenvalue weighted by molar-refractivity contribution is 0.555. The second-order valence-corrected chi connectivity index (χ2v) is 10.1. The van der Waals surface area contributed by atoms with Gasteiger partial charge in [-0.25, -0.2) is 0 Å². The third-order valence-corrected chi connectivity index (χ3v) is 7.30. The van der Waals surface area contributed by atoms with Crippen LogP contribution >= 0.6 is 0 Å². The molecule has 0 saturated carbocycles. The van der Waals surface area contributed by atoms with Crippen molar-refractivity contribution in [2.45, 2.75) is 39.5 Å². The van der Waals surface area contributed by atoms with Crippen LogP contribution in [-0.2, 0) is 0 Å². The minimum absolute atomic E-state index is 0.359. The Morgan fingerprint density at radius 3 is 2.05 bits per heavy atom. The number of benzene rings is 2. The van der Waals surface area contributed by atoms with E-state index in [4.69, 9.17) is 5.41 Å². The van der Waals surface area contributed by atoms with Crippen molar-refractivity contribution in [3.05, 3.63) is 120 Å². The van der Waals surface area contributed by atoms with Crippen molar-refractivity contribution in [3.8, 4) is 0 Å². The molecule has 2 aliphatic heterocycles. The summed E-state index contributed by atoms with van der Waals surface area (Å²) < 4.78 is 0. The largest absolute Gasteiger partial charge is 0.326 e. The summed E-state index contributed by atoms with van der Waals surface area (Å²) >= 11 is 0. The van der Waals surface area contributed by atoms with E-state index in [2.05, 4.69) is 100 Å². The summed E-state index contributed by atoms with van der Waals surface area (Å²) in [7, 11) is 1.81. The number of allylic oxidation sites excluding steroid dienone is 4. The fraction of sp³-hybridized carbons (Fsp3) is 0.265. The van der Waals surface area contributed by atoms with E-state index in [1.54, 1.807) is 11.2 Å². The number of hydrogen-bond acceptors (Lipinski definition) is 5. The highest BCUT2D eigenvalue weighted by Gasteiger charge is 2.30. The summed E-state index contributed by atoms with van der Waals surface area (Å²) in [5.74, 6) is 1.56. The Kier molecular flexibility index (Phi) is 8.55. The van der Waals surface area contributed by atoms with Crippen molar-refractivity contribution >= 4 is 28.5 Å². The molecule has 1 N–H and O–H groups in total. The normalized spacial score (nSPS) is 16.2. The van der Waals surface area contributed by atoms with Gasteiger partial charge in [0.05, 0.1) is 17.1 Å². The molecule has 1 aromatic heterocycles. The molecule has 0 radical (unpaired) electrons. The lowest BCUT2D eigenvalue weighted by Crippen LogP contribution is -2.29. The molecule has 0 fully saturated rings. The molecule has 0 bridgehead atoms. The maximum Gasteiger partial charge on any atom is 0.150 e. The van der Waals surface area contributed by atoms with Crippen molar-refractivity contribution in [3.63, 3.8) is 0 Å². The number of amidine groups is 1. The van der Waals surface area contributed by atoms with Gasteiger partial charge in [0.15, 0.2) is 5.84 Å². The average Bonchev–Trinajstić information content (AvgIpc) is 3.46. The maximum atomic E-state index is 8.81. The van der Waals surface area contributed by atoms with Crippen LogP contribution < -0.4 is 9.80 Å². The molecule has 204 valence electrons. The number of rotatable bonds is 10. The number of hydrogen-bond donors (Lipinski definition) is 1. The number of fused-ring (bicyclic) bond motifs is 1. The molecule has 0 saturated heterocycles. The Morgan fingerprint density at radius 1 is 0.825 bits per heavy atom. The predicted molar refractivity (Wildman–Crippen MR) is 168 cm³/mol. The zero-order valence-corrected chi connectivity index (χ0v) is 23.7. The minimum atomic E-state index is 0.359. The molecule has 0 amide bonds. The second-order valence-electron chi connectivity index (χ2n) is 10.1. The van der Waals surface area contributed by atoms with E-state index in [0.29, 0.717) is 11.5 Å². The first-order chi connectivity index (χ1) is 19.6. The summed E-state index contributed by atoms with van der Waals surface area (Å²) in [6, 6.07) is 24.9. The second kappa shape index (κ2) is 12.6. The van der Waals surface area contributed by atoms with Gasteiger partial charge >= 0.3 is 0 Å². The van der Waals surface area contributed by atoms with E-state index < -0.39 is 0 Å². The molecule has 0 unspecified atom stereocenters. The van der Waals surface area contributed by atoms with E-state index in [-0.39, 0.29) is 0 Å². The van der Waals surface area contributed by atoms with Crippen LogP contribution in [0.4, 0.5) is 11.4 Å². The lowest BCUT2D eigenvalue weighted by Gasteiger charge is -2.25. The highest BCUT2D eigenvalue weighted by molar-refractivity contribution is 6.31. The number of nitrogens with zero attached hydrogens (tertiary/aromatic N) is 5. The molecule has 3 aromatic rings. The quantitative estimate of drug-likeness (QED) is 0.295. The number of aromatic nitrogens is 1. The van der Waals surface area contributed by atoms with Crippen molar-refractivity contribution in [2.75, 3.05) is 29.9 Å². The Hall–Kier alpha value is -4.45. The van der Waals surface area contributed by atoms with Gasteiger partial charge in [-0.3, -0.25) is 15.4 Å². The number of hydrazone groups is 1. The lowest BCUT2D eigenvalue weighted by atomic mass is 9.98. The molecule has 2 aromatic carbocycles. The van der Waals surface area contributed by atoms with Crippen LogP contribution in [0.25, 0.3) is 5.57 Å². The van der Waals surface area contributed by atoms with Crippen LogP contribution in [0, 0.1) is 5.41 Å². The van der Waals surface area contributed by atoms with Crippen LogP contribution in [-0.4, -0.2) is 41.7 Å². The topological polar surface area (TPSA) is 58.8 Å². The van der Waals surface area contributed by atoms with Crippen molar-refractivity contribution in [1.29, 1.82) is 5.41 Å². The van der Waals surface area contributed by atoms with E-state index in [1.807, 2.05) is 31.3 Å². The molecule has 6 heteroatoms. The van der Waals surface area contributed by atoms with E-state index in [1.165, 1.54) is 17.2 Å². The van der Waals surface area contributed by atoms with Gasteiger partial charge in [0.2, 0.25) is 0 Å². The fourth-order valence-electron chi connectivity index (χ4n) is 5.14. The van der Waals surface area contributed by atoms with Gasteiger partial charge < -0.3 is 9.80 Å². The molecule has 0 aliphatic carbocycles. The Balaban J connectivity index is 1.62. The molecule has 2 aliphatic rings. The monoisotopic (exact) mass is 530 g/mol. The molecule has 3 heterocycles. The van der Waals surface area contributed by atoms with Crippen molar-refractivity contribution < 1.29 is 0 Å². The third kappa shape index (κ3) is 5.62. The predicted octanol–water partition coefficient (Wildman–Crippen LogP) is 7.49. The first-order valence-corrected chi connectivity index (χ1v) is 14.3. The van der Waals surface area contributed by atoms with Crippen molar-refractivity contribution in [2.24, 2.45) is 5.10 Å². The Morgan fingerprint density at radius 2 is 1.45 bits per heavy atom. The van der Waals surface area contributed by atoms with E-state index in [9.17, 15) is 0 Å². The molecule has 6 nitrogen and oxygen atoms in total. The summed E-state index contributed by atoms with van der Waals surface area (Å²) in [6.07, 6.45) is 12.8. The van der Waals surface area contributed by atoms with Gasteiger partial charge in [-0.2, -0.15) is 5.10 Å². The van der Waals surface area contributed by atoms with Gasteiger partial charge in [0, 0.05) is 31.9 Å². The number of nitrogens with one attached hydrogen (secondary N) is 1. The smallest absolute Gasteiger partial charge is 0.150 e. The van der Waals surface area contributed by atoms with Gasteiger partial charge in [-0.05, 0) is 60.4 Å². The Labute approximate surface area is 238 Å². The number of anilines is 2. The number of pyridine rings is 1. The molecular formula is C34H38N6. The first-order valence-electron chi connectivity index (χ1n) is 14.3. The summed E-state index contributed by atoms with van der Waals surface area (Å²) in [4.78, 5) is 9.46. The van der Waals surface area contributed by atoms with Crippen LogP contribution in [0.15, 0.2) is 114 Å². The minimum Gasteiger partial charge on any atom is -0.326 e. The van der Waals surface area contributed by atoms with Gasteiger partial charge in [0.25, 0.3) is 0 Å². The van der Waals surface area contributed by atoms with E-state index in [0.717, 1.165) is 61.2 Å². The number of para-hydroxylation sites is 2. The van der Waals surface area contributed by atoms with Crippen LogP contribution in [0.2, 0.25) is 0 Å². The zero-order chi connectivity index (χ0) is 27.9. The summed E-state index contributed by atoms with van der Waals surface area (Å²) in [6.45, 7) is 6.44. The fourth-order valence-corrected chi connectivity index (χ4v) is 5.14. The molecular weight excluding hydrogens is 492 g/mol. The number of unbranched alkanes of at least 4 members (excludes halogenated alkanes) is 2. The maximum absolute atomic E-state index is 8.81. The van der Waals surface area contributed by atoms with Crippen LogP contribution in [0.3, 0.4) is 0 Å². The van der Waals surface area contributed by atoms with Gasteiger partial charge in [-0.1, -0.05) is 81.3 Å². The summed E-state index contributed by atoms with van der Waals surface area (Å²) in [5, 5.41) is 15.1. The molecule has 40 heavy (non-hydrogen) atoms. The molecule has 0 spiro atoms. The highest BCUT2D eigenvalue weighted by atomic mass is 15.5.